The van der Waals surface area contributed by atoms with Crippen LogP contribution in [-0.2, 0) is 0 Å². The molecule has 0 unspecified atom stereocenters. The minimum absolute atomic E-state index is 0.175. The van der Waals surface area contributed by atoms with Crippen molar-refractivity contribution >= 4 is 27.7 Å². The molecule has 0 aliphatic heterocycles. The van der Waals surface area contributed by atoms with Crippen molar-refractivity contribution < 1.29 is 4.79 Å². The lowest BCUT2D eigenvalue weighted by Crippen LogP contribution is -2.29. The number of hydrogen-bond donors (Lipinski definition) is 2. The van der Waals surface area contributed by atoms with Crippen LogP contribution in [0.3, 0.4) is 0 Å². The highest BCUT2D eigenvalue weighted by Gasteiger charge is 2.06. The third kappa shape index (κ3) is 4.60. The van der Waals surface area contributed by atoms with E-state index in [1.54, 1.807) is 16.9 Å². The Morgan fingerprint density at radius 2 is 2.08 bits per heavy atom. The number of carbonyl (C=O) groups excluding carboxylic acids is 1. The maximum atomic E-state index is 12.0. The Kier molecular flexibility index (Phi) is 5.34. The predicted molar refractivity (Wildman–Crippen MR) is 96.7 cm³/mol. The highest BCUT2D eigenvalue weighted by Crippen LogP contribution is 2.09. The summed E-state index contributed by atoms with van der Waals surface area (Å²) in [5.74, 6) is 1.10. The molecule has 3 aromatic rings. The lowest BCUT2D eigenvalue weighted by Gasteiger charge is -2.07. The van der Waals surface area contributed by atoms with Gasteiger partial charge in [0.25, 0.3) is 5.91 Å². The molecule has 0 radical (unpaired) electrons. The van der Waals surface area contributed by atoms with Gasteiger partial charge in [-0.2, -0.15) is 5.10 Å². The largest absolute Gasteiger partial charge is 0.367 e. The van der Waals surface area contributed by atoms with Gasteiger partial charge in [-0.25, -0.2) is 4.68 Å². The Bertz CT molecular complexity index is 863. The number of anilines is 1. The Balaban J connectivity index is 1.47. The molecule has 0 aromatic carbocycles. The Hall–Kier alpha value is -2.81. The van der Waals surface area contributed by atoms with E-state index in [1.807, 2.05) is 31.3 Å². The molecular formula is C16H16BrN7O. The smallest absolute Gasteiger partial charge is 0.252 e. The molecule has 3 aromatic heterocycles. The molecule has 0 saturated heterocycles. The fraction of sp³-hybridized carbons (Fsp3) is 0.188. The van der Waals surface area contributed by atoms with E-state index in [0.29, 0.717) is 30.3 Å². The van der Waals surface area contributed by atoms with Gasteiger partial charge in [0.2, 0.25) is 0 Å². The van der Waals surface area contributed by atoms with Gasteiger partial charge in [0.1, 0.15) is 5.82 Å². The predicted octanol–water partition coefficient (Wildman–Crippen LogP) is 1.97. The van der Waals surface area contributed by atoms with Gasteiger partial charge >= 0.3 is 0 Å². The van der Waals surface area contributed by atoms with Gasteiger partial charge in [0, 0.05) is 36.2 Å². The van der Waals surface area contributed by atoms with Crippen molar-refractivity contribution in [1.82, 2.24) is 30.3 Å². The molecular weight excluding hydrogens is 386 g/mol. The summed E-state index contributed by atoms with van der Waals surface area (Å²) < 4.78 is 2.43. The van der Waals surface area contributed by atoms with E-state index in [1.165, 1.54) is 6.20 Å². The zero-order chi connectivity index (χ0) is 17.6. The number of aromatic nitrogens is 5. The normalized spacial score (nSPS) is 10.5. The average molecular weight is 402 g/mol. The molecule has 0 bridgehead atoms. The van der Waals surface area contributed by atoms with Crippen LogP contribution in [0.4, 0.5) is 5.82 Å². The van der Waals surface area contributed by atoms with E-state index in [-0.39, 0.29) is 5.91 Å². The number of rotatable bonds is 6. The van der Waals surface area contributed by atoms with Crippen molar-refractivity contribution in [3.63, 3.8) is 0 Å². The standard InChI is InChI=1S/C16H16BrN7O/c1-11-4-7-24(23-11)15-3-2-14(21-22-15)19-5-6-20-16(25)12-8-13(17)10-18-9-12/h2-4,7-10H,5-6H2,1H3,(H,19,21)(H,20,25). The van der Waals surface area contributed by atoms with Crippen molar-refractivity contribution in [2.24, 2.45) is 0 Å². The van der Waals surface area contributed by atoms with Gasteiger partial charge in [-0.3, -0.25) is 9.78 Å². The maximum Gasteiger partial charge on any atom is 0.252 e. The van der Waals surface area contributed by atoms with Gasteiger partial charge in [-0.1, -0.05) is 0 Å². The van der Waals surface area contributed by atoms with Crippen LogP contribution in [-0.4, -0.2) is 44.0 Å². The number of hydrogen-bond acceptors (Lipinski definition) is 6. The minimum atomic E-state index is -0.175. The molecule has 9 heteroatoms. The molecule has 25 heavy (non-hydrogen) atoms. The Morgan fingerprint density at radius 3 is 2.76 bits per heavy atom. The minimum Gasteiger partial charge on any atom is -0.367 e. The number of aryl methyl sites for hydroxylation is 1. The summed E-state index contributed by atoms with van der Waals surface area (Å²) in [6.07, 6.45) is 4.98. The second kappa shape index (κ2) is 7.84. The van der Waals surface area contributed by atoms with E-state index >= 15 is 0 Å². The van der Waals surface area contributed by atoms with Gasteiger partial charge in [-0.15, -0.1) is 10.2 Å². The first-order valence-electron chi connectivity index (χ1n) is 7.61. The van der Waals surface area contributed by atoms with Crippen molar-refractivity contribution in [2.75, 3.05) is 18.4 Å². The molecule has 0 saturated carbocycles. The van der Waals surface area contributed by atoms with Crippen LogP contribution in [0.1, 0.15) is 16.1 Å². The van der Waals surface area contributed by atoms with Crippen molar-refractivity contribution in [2.45, 2.75) is 6.92 Å². The molecule has 0 aliphatic rings. The number of nitrogens with one attached hydrogen (secondary N) is 2. The molecule has 128 valence electrons. The highest BCUT2D eigenvalue weighted by molar-refractivity contribution is 9.10. The summed E-state index contributed by atoms with van der Waals surface area (Å²) >= 11 is 3.29. The average Bonchev–Trinajstić information content (AvgIpc) is 3.05. The summed E-state index contributed by atoms with van der Waals surface area (Å²) in [7, 11) is 0. The van der Waals surface area contributed by atoms with E-state index in [0.717, 1.165) is 10.2 Å². The van der Waals surface area contributed by atoms with Gasteiger partial charge in [-0.05, 0) is 47.1 Å². The van der Waals surface area contributed by atoms with Crippen LogP contribution in [0.25, 0.3) is 5.82 Å². The summed E-state index contributed by atoms with van der Waals surface area (Å²) in [5, 5.41) is 18.4. The zero-order valence-corrected chi connectivity index (χ0v) is 15.1. The SMILES string of the molecule is Cc1ccn(-c2ccc(NCCNC(=O)c3cncc(Br)c3)nn2)n1. The second-order valence-corrected chi connectivity index (χ2v) is 6.17. The second-order valence-electron chi connectivity index (χ2n) is 5.25. The van der Waals surface area contributed by atoms with E-state index in [9.17, 15) is 4.79 Å². The van der Waals surface area contributed by atoms with Crippen LogP contribution in [0.2, 0.25) is 0 Å². The fourth-order valence-electron chi connectivity index (χ4n) is 2.09. The molecule has 3 rings (SSSR count). The van der Waals surface area contributed by atoms with E-state index in [4.69, 9.17) is 0 Å². The summed E-state index contributed by atoms with van der Waals surface area (Å²) in [6, 6.07) is 7.27. The monoisotopic (exact) mass is 401 g/mol. The lowest BCUT2D eigenvalue weighted by molar-refractivity contribution is 0.0954. The lowest BCUT2D eigenvalue weighted by atomic mass is 10.3. The Morgan fingerprint density at radius 1 is 1.20 bits per heavy atom. The first-order chi connectivity index (χ1) is 12.1. The maximum absolute atomic E-state index is 12.0. The molecule has 1 amide bonds. The van der Waals surface area contributed by atoms with Crippen LogP contribution in [0.5, 0.6) is 0 Å². The molecule has 0 spiro atoms. The quantitative estimate of drug-likeness (QED) is 0.612. The number of amides is 1. The third-order valence-corrected chi connectivity index (χ3v) is 3.73. The zero-order valence-electron chi connectivity index (χ0n) is 13.5. The first kappa shape index (κ1) is 17.0. The number of halogens is 1. The molecule has 3 heterocycles. The highest BCUT2D eigenvalue weighted by atomic mass is 79.9. The van der Waals surface area contributed by atoms with Gasteiger partial charge in [0.15, 0.2) is 5.82 Å². The summed E-state index contributed by atoms with van der Waals surface area (Å²) in [6.45, 7) is 2.90. The summed E-state index contributed by atoms with van der Waals surface area (Å²) in [5.41, 5.74) is 1.42. The fourth-order valence-corrected chi connectivity index (χ4v) is 2.45. The molecule has 8 nitrogen and oxygen atoms in total. The first-order valence-corrected chi connectivity index (χ1v) is 8.40. The summed E-state index contributed by atoms with van der Waals surface area (Å²) in [4.78, 5) is 15.9. The molecule has 0 fully saturated rings. The number of pyridine rings is 1. The van der Waals surface area contributed by atoms with Crippen molar-refractivity contribution in [3.05, 3.63) is 58.6 Å². The Labute approximate surface area is 152 Å². The van der Waals surface area contributed by atoms with Crippen molar-refractivity contribution in [1.29, 1.82) is 0 Å². The van der Waals surface area contributed by atoms with Gasteiger partial charge in [0.05, 0.1) is 11.3 Å². The van der Waals surface area contributed by atoms with Crippen LogP contribution in [0, 0.1) is 6.92 Å². The molecule has 0 atom stereocenters. The van der Waals surface area contributed by atoms with Crippen LogP contribution >= 0.6 is 15.9 Å². The number of nitrogens with zero attached hydrogens (tertiary/aromatic N) is 5. The van der Waals surface area contributed by atoms with Crippen LogP contribution in [0.15, 0.2) is 47.3 Å². The van der Waals surface area contributed by atoms with Gasteiger partial charge < -0.3 is 10.6 Å². The molecule has 0 aliphatic carbocycles. The van der Waals surface area contributed by atoms with E-state index < -0.39 is 0 Å². The van der Waals surface area contributed by atoms with Crippen LogP contribution < -0.4 is 10.6 Å². The number of carbonyl (C=O) groups is 1. The molecule has 2 N–H and O–H groups in total. The topological polar surface area (TPSA) is 97.6 Å². The third-order valence-electron chi connectivity index (χ3n) is 3.29. The van der Waals surface area contributed by atoms with Crippen molar-refractivity contribution in [3.8, 4) is 5.82 Å². The van der Waals surface area contributed by atoms with E-state index in [2.05, 4.69) is 46.8 Å².